The SMILES string of the molecule is CN(Cc1ccc(N2CCOCC2)cc1)C(=O)c1ccc(CN2CCCC2=O)cc1. The van der Waals surface area contributed by atoms with Crippen molar-refractivity contribution in [2.24, 2.45) is 0 Å². The van der Waals surface area contributed by atoms with Crippen LogP contribution in [0.3, 0.4) is 0 Å². The molecule has 6 heteroatoms. The molecule has 0 atom stereocenters. The second-order valence-corrected chi connectivity index (χ2v) is 8.04. The van der Waals surface area contributed by atoms with Crippen LogP contribution in [0.1, 0.15) is 34.3 Å². The van der Waals surface area contributed by atoms with Gasteiger partial charge in [0.1, 0.15) is 0 Å². The predicted molar refractivity (Wildman–Crippen MR) is 116 cm³/mol. The van der Waals surface area contributed by atoms with Gasteiger partial charge in [0.2, 0.25) is 5.91 Å². The quantitative estimate of drug-likeness (QED) is 0.739. The normalized spacial score (nSPS) is 16.8. The number of hydrogen-bond acceptors (Lipinski definition) is 4. The Balaban J connectivity index is 1.33. The van der Waals surface area contributed by atoms with Crippen LogP contribution in [0.25, 0.3) is 0 Å². The monoisotopic (exact) mass is 407 g/mol. The van der Waals surface area contributed by atoms with Gasteiger partial charge in [0.15, 0.2) is 0 Å². The first-order chi connectivity index (χ1) is 14.6. The molecule has 0 radical (unpaired) electrons. The van der Waals surface area contributed by atoms with Crippen molar-refractivity contribution >= 4 is 17.5 Å². The first-order valence-corrected chi connectivity index (χ1v) is 10.6. The first kappa shape index (κ1) is 20.4. The Labute approximate surface area is 178 Å². The van der Waals surface area contributed by atoms with Gasteiger partial charge >= 0.3 is 0 Å². The zero-order valence-corrected chi connectivity index (χ0v) is 17.5. The van der Waals surface area contributed by atoms with E-state index in [0.29, 0.717) is 25.1 Å². The maximum Gasteiger partial charge on any atom is 0.253 e. The molecule has 2 saturated heterocycles. The summed E-state index contributed by atoms with van der Waals surface area (Å²) in [6, 6.07) is 16.0. The summed E-state index contributed by atoms with van der Waals surface area (Å²) in [5, 5.41) is 0. The number of carbonyl (C=O) groups is 2. The maximum absolute atomic E-state index is 12.8. The van der Waals surface area contributed by atoms with Crippen molar-refractivity contribution in [3.63, 3.8) is 0 Å². The summed E-state index contributed by atoms with van der Waals surface area (Å²) in [6.45, 7) is 5.38. The van der Waals surface area contributed by atoms with Crippen LogP contribution < -0.4 is 4.90 Å². The second-order valence-electron chi connectivity index (χ2n) is 8.04. The molecular formula is C24H29N3O3. The summed E-state index contributed by atoms with van der Waals surface area (Å²) >= 11 is 0. The molecule has 0 N–H and O–H groups in total. The van der Waals surface area contributed by atoms with E-state index in [1.807, 2.05) is 36.2 Å². The number of anilines is 1. The van der Waals surface area contributed by atoms with E-state index in [4.69, 9.17) is 4.74 Å². The van der Waals surface area contributed by atoms with E-state index < -0.39 is 0 Å². The molecule has 0 spiro atoms. The summed E-state index contributed by atoms with van der Waals surface area (Å²) in [5.41, 5.74) is 4.03. The highest BCUT2D eigenvalue weighted by Crippen LogP contribution is 2.19. The van der Waals surface area contributed by atoms with E-state index >= 15 is 0 Å². The van der Waals surface area contributed by atoms with Crippen LogP contribution in [0.15, 0.2) is 48.5 Å². The lowest BCUT2D eigenvalue weighted by atomic mass is 10.1. The molecule has 2 aromatic rings. The number of benzene rings is 2. The minimum Gasteiger partial charge on any atom is -0.378 e. The van der Waals surface area contributed by atoms with Gasteiger partial charge in [-0.25, -0.2) is 0 Å². The van der Waals surface area contributed by atoms with E-state index in [1.54, 1.807) is 4.90 Å². The average Bonchev–Trinajstić information content (AvgIpc) is 3.19. The molecule has 0 bridgehead atoms. The smallest absolute Gasteiger partial charge is 0.253 e. The summed E-state index contributed by atoms with van der Waals surface area (Å²) in [5.74, 6) is 0.213. The molecule has 2 heterocycles. The zero-order chi connectivity index (χ0) is 20.9. The van der Waals surface area contributed by atoms with Gasteiger partial charge in [0, 0.05) is 57.4 Å². The third-order valence-electron chi connectivity index (χ3n) is 5.82. The molecule has 0 saturated carbocycles. The summed E-state index contributed by atoms with van der Waals surface area (Å²) in [4.78, 5) is 30.5. The third kappa shape index (κ3) is 4.82. The van der Waals surface area contributed by atoms with Crippen molar-refractivity contribution in [2.75, 3.05) is 44.8 Å². The van der Waals surface area contributed by atoms with Gasteiger partial charge in [-0.3, -0.25) is 9.59 Å². The van der Waals surface area contributed by atoms with Gasteiger partial charge in [-0.15, -0.1) is 0 Å². The number of rotatable bonds is 6. The standard InChI is InChI=1S/C24H29N3O3/c1-25(17-19-6-10-22(11-7-19)26-13-15-30-16-14-26)24(29)21-8-4-20(5-9-21)18-27-12-2-3-23(27)28/h4-11H,2-3,12-18H2,1H3. The number of amides is 2. The minimum absolute atomic E-state index is 0.00365. The fourth-order valence-electron chi connectivity index (χ4n) is 4.04. The van der Waals surface area contributed by atoms with Gasteiger partial charge in [-0.2, -0.15) is 0 Å². The fraction of sp³-hybridized carbons (Fsp3) is 0.417. The first-order valence-electron chi connectivity index (χ1n) is 10.6. The van der Waals surface area contributed by atoms with E-state index in [9.17, 15) is 9.59 Å². The topological polar surface area (TPSA) is 53.1 Å². The van der Waals surface area contributed by atoms with E-state index in [2.05, 4.69) is 29.2 Å². The number of likely N-dealkylation sites (tertiary alicyclic amines) is 1. The van der Waals surface area contributed by atoms with Crippen molar-refractivity contribution in [1.82, 2.24) is 9.80 Å². The molecule has 2 aliphatic rings. The lowest BCUT2D eigenvalue weighted by Crippen LogP contribution is -2.36. The number of carbonyl (C=O) groups excluding carboxylic acids is 2. The molecule has 30 heavy (non-hydrogen) atoms. The molecule has 0 aromatic heterocycles. The summed E-state index contributed by atoms with van der Waals surface area (Å²) < 4.78 is 5.41. The molecule has 158 valence electrons. The Hall–Kier alpha value is -2.86. The molecule has 2 amide bonds. The lowest BCUT2D eigenvalue weighted by Gasteiger charge is -2.29. The van der Waals surface area contributed by atoms with E-state index in [0.717, 1.165) is 50.4 Å². The highest BCUT2D eigenvalue weighted by molar-refractivity contribution is 5.94. The Bertz CT molecular complexity index is 874. The third-order valence-corrected chi connectivity index (χ3v) is 5.82. The van der Waals surface area contributed by atoms with Gasteiger partial charge in [-0.1, -0.05) is 24.3 Å². The average molecular weight is 408 g/mol. The Kier molecular flexibility index (Phi) is 6.33. The molecule has 0 aliphatic carbocycles. The number of hydrogen-bond donors (Lipinski definition) is 0. The largest absolute Gasteiger partial charge is 0.378 e. The van der Waals surface area contributed by atoms with E-state index in [1.165, 1.54) is 5.69 Å². The van der Waals surface area contributed by atoms with Crippen LogP contribution in [0, 0.1) is 0 Å². The molecule has 2 fully saturated rings. The minimum atomic E-state index is -0.00365. The number of morpholine rings is 1. The maximum atomic E-state index is 12.8. The Morgan fingerprint density at radius 1 is 0.967 bits per heavy atom. The molecule has 2 aromatic carbocycles. The van der Waals surface area contributed by atoms with Gasteiger partial charge in [0.25, 0.3) is 5.91 Å². The van der Waals surface area contributed by atoms with Gasteiger partial charge in [0.05, 0.1) is 13.2 Å². The molecule has 2 aliphatic heterocycles. The van der Waals surface area contributed by atoms with E-state index in [-0.39, 0.29) is 11.8 Å². The zero-order valence-electron chi connectivity index (χ0n) is 17.5. The molecule has 6 nitrogen and oxygen atoms in total. The number of ether oxygens (including phenoxy) is 1. The highest BCUT2D eigenvalue weighted by Gasteiger charge is 2.20. The molecule has 4 rings (SSSR count). The van der Waals surface area contributed by atoms with Crippen LogP contribution in [0.2, 0.25) is 0 Å². The van der Waals surface area contributed by atoms with Gasteiger partial charge in [-0.05, 0) is 41.8 Å². The predicted octanol–water partition coefficient (Wildman–Crippen LogP) is 2.92. The fourth-order valence-corrected chi connectivity index (χ4v) is 4.04. The van der Waals surface area contributed by atoms with Crippen molar-refractivity contribution < 1.29 is 14.3 Å². The lowest BCUT2D eigenvalue weighted by molar-refractivity contribution is -0.128. The van der Waals surface area contributed by atoms with Crippen LogP contribution in [0.5, 0.6) is 0 Å². The van der Waals surface area contributed by atoms with Crippen LogP contribution in [-0.2, 0) is 22.6 Å². The van der Waals surface area contributed by atoms with Crippen molar-refractivity contribution in [3.8, 4) is 0 Å². The Morgan fingerprint density at radius 3 is 2.27 bits per heavy atom. The highest BCUT2D eigenvalue weighted by atomic mass is 16.5. The van der Waals surface area contributed by atoms with Crippen molar-refractivity contribution in [2.45, 2.75) is 25.9 Å². The van der Waals surface area contributed by atoms with Crippen molar-refractivity contribution in [3.05, 3.63) is 65.2 Å². The second kappa shape index (κ2) is 9.30. The van der Waals surface area contributed by atoms with Crippen LogP contribution >= 0.6 is 0 Å². The summed E-state index contributed by atoms with van der Waals surface area (Å²) in [7, 11) is 1.83. The molecular weight excluding hydrogens is 378 g/mol. The van der Waals surface area contributed by atoms with Crippen LogP contribution in [0.4, 0.5) is 5.69 Å². The van der Waals surface area contributed by atoms with Crippen molar-refractivity contribution in [1.29, 1.82) is 0 Å². The Morgan fingerprint density at radius 2 is 1.63 bits per heavy atom. The van der Waals surface area contributed by atoms with Gasteiger partial charge < -0.3 is 19.4 Å². The van der Waals surface area contributed by atoms with Crippen LogP contribution in [-0.4, -0.2) is 61.5 Å². The molecule has 0 unspecified atom stereocenters. The number of nitrogens with zero attached hydrogens (tertiary/aromatic N) is 3. The summed E-state index contributed by atoms with van der Waals surface area (Å²) in [6.07, 6.45) is 1.59.